The summed E-state index contributed by atoms with van der Waals surface area (Å²) < 4.78 is 14.7. The maximum atomic E-state index is 12.9. The Balaban J connectivity index is 2.40. The average molecular weight is 206 g/mol. The monoisotopic (exact) mass is 206 g/mol. The van der Waals surface area contributed by atoms with Crippen molar-refractivity contribution in [2.24, 2.45) is 0 Å². The highest BCUT2D eigenvalue weighted by atomic mass is 19.1. The minimum atomic E-state index is -0.524. The number of aromatic nitrogens is 4. The molecule has 0 unspecified atom stereocenters. The van der Waals surface area contributed by atoms with Crippen LogP contribution in [0.15, 0.2) is 24.5 Å². The van der Waals surface area contributed by atoms with Crippen LogP contribution < -0.4 is 0 Å². The average Bonchev–Trinajstić information content (AvgIpc) is 2.66. The highest BCUT2D eigenvalue weighted by Gasteiger charge is 2.07. The van der Waals surface area contributed by atoms with Crippen LogP contribution in [0.2, 0.25) is 0 Å². The molecule has 0 aliphatic heterocycles. The fraction of sp³-hybridized carbons (Fsp3) is 0.300. The first kappa shape index (κ1) is 9.76. The van der Waals surface area contributed by atoms with E-state index in [4.69, 9.17) is 0 Å². The first-order chi connectivity index (χ1) is 7.31. The molecule has 5 heteroatoms. The molecule has 2 aromatic heterocycles. The molecule has 0 saturated carbocycles. The molecule has 0 atom stereocenters. The van der Waals surface area contributed by atoms with Gasteiger partial charge in [0.15, 0.2) is 5.82 Å². The summed E-state index contributed by atoms with van der Waals surface area (Å²) in [5.41, 5.74) is 0.747. The zero-order chi connectivity index (χ0) is 10.7. The second-order valence-corrected chi connectivity index (χ2v) is 3.14. The van der Waals surface area contributed by atoms with E-state index >= 15 is 0 Å². The van der Waals surface area contributed by atoms with Crippen molar-refractivity contribution in [2.75, 3.05) is 0 Å². The first-order valence-corrected chi connectivity index (χ1v) is 4.82. The van der Waals surface area contributed by atoms with E-state index in [2.05, 4.69) is 22.0 Å². The van der Waals surface area contributed by atoms with E-state index in [0.717, 1.165) is 18.7 Å². The van der Waals surface area contributed by atoms with Gasteiger partial charge in [-0.3, -0.25) is 4.68 Å². The summed E-state index contributed by atoms with van der Waals surface area (Å²) in [5, 5.41) is 4.13. The van der Waals surface area contributed by atoms with Crippen LogP contribution in [0.1, 0.15) is 13.3 Å². The Morgan fingerprint density at radius 1 is 1.33 bits per heavy atom. The van der Waals surface area contributed by atoms with Gasteiger partial charge in [0, 0.05) is 25.0 Å². The number of aryl methyl sites for hydroxylation is 1. The fourth-order valence-electron chi connectivity index (χ4n) is 1.37. The molecule has 2 aromatic rings. The third-order valence-electron chi connectivity index (χ3n) is 2.00. The van der Waals surface area contributed by atoms with Crippen LogP contribution in [0, 0.1) is 5.95 Å². The summed E-state index contributed by atoms with van der Waals surface area (Å²) in [6.07, 6.45) is 4.03. The maximum Gasteiger partial charge on any atom is 0.216 e. The largest absolute Gasteiger partial charge is 0.262 e. The molecule has 0 fully saturated rings. The second kappa shape index (κ2) is 4.16. The minimum Gasteiger partial charge on any atom is -0.262 e. The second-order valence-electron chi connectivity index (χ2n) is 3.14. The molecule has 0 aliphatic carbocycles. The van der Waals surface area contributed by atoms with Crippen LogP contribution in [-0.4, -0.2) is 19.7 Å². The lowest BCUT2D eigenvalue weighted by molar-refractivity contribution is 0.575. The molecule has 78 valence electrons. The van der Waals surface area contributed by atoms with Gasteiger partial charge in [0.05, 0.1) is 0 Å². The van der Waals surface area contributed by atoms with Crippen molar-refractivity contribution in [1.29, 1.82) is 0 Å². The Bertz CT molecular complexity index is 452. The summed E-state index contributed by atoms with van der Waals surface area (Å²) >= 11 is 0. The van der Waals surface area contributed by atoms with E-state index in [0.29, 0.717) is 5.82 Å². The van der Waals surface area contributed by atoms with Crippen molar-refractivity contribution in [3.63, 3.8) is 0 Å². The molecule has 0 spiro atoms. The van der Waals surface area contributed by atoms with E-state index in [1.165, 1.54) is 12.3 Å². The molecule has 0 bridgehead atoms. The van der Waals surface area contributed by atoms with E-state index in [-0.39, 0.29) is 0 Å². The fourth-order valence-corrected chi connectivity index (χ4v) is 1.37. The molecule has 0 radical (unpaired) electrons. The standard InChI is InChI=1S/C10H11FN4/c1-2-7-15-8(3-6-13-15)10-12-5-4-9(11)14-10/h3-6H,2,7H2,1H3. The summed E-state index contributed by atoms with van der Waals surface area (Å²) in [4.78, 5) is 7.73. The molecule has 0 aromatic carbocycles. The van der Waals surface area contributed by atoms with Crippen LogP contribution in [0.3, 0.4) is 0 Å². The minimum absolute atomic E-state index is 0.376. The molecule has 4 nitrogen and oxygen atoms in total. The SMILES string of the molecule is CCCn1nccc1-c1nccc(F)n1. The molecular formula is C10H11FN4. The topological polar surface area (TPSA) is 43.6 Å². The van der Waals surface area contributed by atoms with Gasteiger partial charge < -0.3 is 0 Å². The summed E-state index contributed by atoms with van der Waals surface area (Å²) in [5.74, 6) is -0.148. The van der Waals surface area contributed by atoms with E-state index in [1.807, 2.05) is 0 Å². The Hall–Kier alpha value is -1.78. The molecule has 2 heterocycles. The third kappa shape index (κ3) is 2.01. The molecule has 2 rings (SSSR count). The Morgan fingerprint density at radius 3 is 2.93 bits per heavy atom. The van der Waals surface area contributed by atoms with Crippen molar-refractivity contribution < 1.29 is 4.39 Å². The van der Waals surface area contributed by atoms with Gasteiger partial charge in [0.25, 0.3) is 0 Å². The zero-order valence-electron chi connectivity index (χ0n) is 8.39. The highest BCUT2D eigenvalue weighted by molar-refractivity contribution is 5.48. The lowest BCUT2D eigenvalue weighted by atomic mass is 10.3. The molecule has 15 heavy (non-hydrogen) atoms. The van der Waals surface area contributed by atoms with Gasteiger partial charge in [-0.2, -0.15) is 14.5 Å². The first-order valence-electron chi connectivity index (χ1n) is 4.82. The van der Waals surface area contributed by atoms with Crippen molar-refractivity contribution >= 4 is 0 Å². The van der Waals surface area contributed by atoms with Gasteiger partial charge in [-0.25, -0.2) is 4.98 Å². The lowest BCUT2D eigenvalue weighted by Crippen LogP contribution is -2.03. The predicted molar refractivity (Wildman–Crippen MR) is 53.5 cm³/mol. The molecule has 0 amide bonds. The van der Waals surface area contributed by atoms with Gasteiger partial charge in [0.2, 0.25) is 5.95 Å². The molecule has 0 saturated heterocycles. The zero-order valence-corrected chi connectivity index (χ0v) is 8.39. The summed E-state index contributed by atoms with van der Waals surface area (Å²) in [7, 11) is 0. The van der Waals surface area contributed by atoms with Crippen molar-refractivity contribution in [1.82, 2.24) is 19.7 Å². The third-order valence-corrected chi connectivity index (χ3v) is 2.00. The van der Waals surface area contributed by atoms with E-state index in [9.17, 15) is 4.39 Å². The van der Waals surface area contributed by atoms with Crippen molar-refractivity contribution in [3.8, 4) is 11.5 Å². The summed E-state index contributed by atoms with van der Waals surface area (Å²) in [6.45, 7) is 2.83. The Morgan fingerprint density at radius 2 is 2.20 bits per heavy atom. The quantitative estimate of drug-likeness (QED) is 0.720. The van der Waals surface area contributed by atoms with Crippen LogP contribution in [0.5, 0.6) is 0 Å². The van der Waals surface area contributed by atoms with Gasteiger partial charge >= 0.3 is 0 Å². The van der Waals surface area contributed by atoms with Crippen LogP contribution >= 0.6 is 0 Å². The maximum absolute atomic E-state index is 12.9. The number of nitrogens with zero attached hydrogens (tertiary/aromatic N) is 4. The van der Waals surface area contributed by atoms with E-state index < -0.39 is 5.95 Å². The van der Waals surface area contributed by atoms with Crippen LogP contribution in [0.25, 0.3) is 11.5 Å². The normalized spacial score (nSPS) is 10.5. The molecule has 0 N–H and O–H groups in total. The molecule has 0 aliphatic rings. The Labute approximate surface area is 86.8 Å². The smallest absolute Gasteiger partial charge is 0.216 e. The van der Waals surface area contributed by atoms with Crippen molar-refractivity contribution in [2.45, 2.75) is 19.9 Å². The van der Waals surface area contributed by atoms with Gasteiger partial charge in [-0.05, 0) is 12.5 Å². The molecular weight excluding hydrogens is 195 g/mol. The van der Waals surface area contributed by atoms with Gasteiger partial charge in [-0.1, -0.05) is 6.92 Å². The number of hydrogen-bond donors (Lipinski definition) is 0. The van der Waals surface area contributed by atoms with E-state index in [1.54, 1.807) is 16.9 Å². The summed E-state index contributed by atoms with van der Waals surface area (Å²) in [6, 6.07) is 3.01. The van der Waals surface area contributed by atoms with Crippen LogP contribution in [-0.2, 0) is 6.54 Å². The van der Waals surface area contributed by atoms with Crippen LogP contribution in [0.4, 0.5) is 4.39 Å². The van der Waals surface area contributed by atoms with Gasteiger partial charge in [-0.15, -0.1) is 0 Å². The number of rotatable bonds is 3. The predicted octanol–water partition coefficient (Wildman–Crippen LogP) is 1.89. The lowest BCUT2D eigenvalue weighted by Gasteiger charge is -2.03. The van der Waals surface area contributed by atoms with Crippen molar-refractivity contribution in [3.05, 3.63) is 30.5 Å². The highest BCUT2D eigenvalue weighted by Crippen LogP contribution is 2.13. The van der Waals surface area contributed by atoms with Gasteiger partial charge in [0.1, 0.15) is 5.69 Å². The Kier molecular flexibility index (Phi) is 2.71. The number of hydrogen-bond acceptors (Lipinski definition) is 3. The number of halogens is 1.